The van der Waals surface area contributed by atoms with Crippen LogP contribution in [0, 0.1) is 0 Å². The first kappa shape index (κ1) is 17.4. The van der Waals surface area contributed by atoms with E-state index in [0.29, 0.717) is 12.1 Å². The summed E-state index contributed by atoms with van der Waals surface area (Å²) in [6.45, 7) is 2.21. The van der Waals surface area contributed by atoms with Crippen molar-refractivity contribution in [3.63, 3.8) is 0 Å². The molecule has 0 bridgehead atoms. The first-order chi connectivity index (χ1) is 11.3. The Hall–Kier alpha value is -0.420. The van der Waals surface area contributed by atoms with Crippen molar-refractivity contribution in [2.24, 2.45) is 0 Å². The van der Waals surface area contributed by atoms with Crippen molar-refractivity contribution in [1.29, 1.82) is 0 Å². The molecule has 2 saturated carbocycles. The SMILES string of the molecule is S=C(NC1CCCCC1)N(C(=S)N1CCCC1)C1CCCCC1. The number of thiocarbonyl (C=S) groups is 2. The molecular weight excluding hydrogens is 322 g/mol. The molecular formula is C18H31N3S2. The Balaban J connectivity index is 1.67. The zero-order valence-electron chi connectivity index (χ0n) is 14.3. The number of hydrogen-bond donors (Lipinski definition) is 1. The third kappa shape index (κ3) is 4.56. The predicted molar refractivity (Wildman–Crippen MR) is 105 cm³/mol. The Bertz CT molecular complexity index is 408. The molecule has 0 aromatic carbocycles. The van der Waals surface area contributed by atoms with Crippen molar-refractivity contribution in [1.82, 2.24) is 15.1 Å². The van der Waals surface area contributed by atoms with Gasteiger partial charge in [-0.25, -0.2) is 0 Å². The molecule has 0 atom stereocenters. The van der Waals surface area contributed by atoms with Gasteiger partial charge < -0.3 is 10.2 Å². The third-order valence-electron chi connectivity index (χ3n) is 5.67. The summed E-state index contributed by atoms with van der Waals surface area (Å²) in [6.07, 6.45) is 15.6. The van der Waals surface area contributed by atoms with Crippen LogP contribution in [0.25, 0.3) is 0 Å². The fraction of sp³-hybridized carbons (Fsp3) is 0.889. The van der Waals surface area contributed by atoms with E-state index in [4.69, 9.17) is 24.4 Å². The molecule has 3 aliphatic rings. The maximum absolute atomic E-state index is 5.88. The maximum atomic E-state index is 5.88. The van der Waals surface area contributed by atoms with Gasteiger partial charge >= 0.3 is 0 Å². The number of rotatable bonds is 2. The van der Waals surface area contributed by atoms with E-state index in [-0.39, 0.29) is 0 Å². The average Bonchev–Trinajstić information content (AvgIpc) is 3.11. The summed E-state index contributed by atoms with van der Waals surface area (Å²) in [4.78, 5) is 4.70. The molecule has 0 aromatic heterocycles. The highest BCUT2D eigenvalue weighted by molar-refractivity contribution is 7.81. The van der Waals surface area contributed by atoms with Crippen molar-refractivity contribution in [3.8, 4) is 0 Å². The Morgan fingerprint density at radius 3 is 1.96 bits per heavy atom. The van der Waals surface area contributed by atoms with E-state index in [1.54, 1.807) is 0 Å². The van der Waals surface area contributed by atoms with Crippen molar-refractivity contribution in [3.05, 3.63) is 0 Å². The Morgan fingerprint density at radius 2 is 1.35 bits per heavy atom. The molecule has 0 radical (unpaired) electrons. The monoisotopic (exact) mass is 353 g/mol. The molecule has 3 fully saturated rings. The Morgan fingerprint density at radius 1 is 0.783 bits per heavy atom. The second-order valence-corrected chi connectivity index (χ2v) is 8.17. The Kier molecular flexibility index (Phi) is 6.52. The number of hydrogen-bond acceptors (Lipinski definition) is 2. The molecule has 1 saturated heterocycles. The third-order valence-corrected chi connectivity index (χ3v) is 6.44. The highest BCUT2D eigenvalue weighted by Crippen LogP contribution is 2.26. The summed E-state index contributed by atoms with van der Waals surface area (Å²) in [5, 5.41) is 5.56. The first-order valence-electron chi connectivity index (χ1n) is 9.64. The smallest absolute Gasteiger partial charge is 0.178 e. The van der Waals surface area contributed by atoms with Gasteiger partial charge in [0.25, 0.3) is 0 Å². The molecule has 3 rings (SSSR count). The summed E-state index contributed by atoms with van der Waals surface area (Å²) in [6, 6.07) is 1.07. The van der Waals surface area contributed by atoms with Gasteiger partial charge in [-0.15, -0.1) is 0 Å². The second-order valence-electron chi connectivity index (χ2n) is 7.42. The van der Waals surface area contributed by atoms with E-state index >= 15 is 0 Å². The van der Waals surface area contributed by atoms with E-state index < -0.39 is 0 Å². The molecule has 0 spiro atoms. The molecule has 23 heavy (non-hydrogen) atoms. The minimum Gasteiger partial charge on any atom is -0.359 e. The van der Waals surface area contributed by atoms with Crippen molar-refractivity contribution < 1.29 is 0 Å². The van der Waals surface area contributed by atoms with Gasteiger partial charge in [-0.05, 0) is 63.0 Å². The van der Waals surface area contributed by atoms with Crippen LogP contribution in [0.15, 0.2) is 0 Å². The van der Waals surface area contributed by atoms with Gasteiger partial charge in [0.2, 0.25) is 0 Å². The maximum Gasteiger partial charge on any atom is 0.178 e. The van der Waals surface area contributed by atoms with Gasteiger partial charge in [0.15, 0.2) is 10.2 Å². The van der Waals surface area contributed by atoms with Gasteiger partial charge in [-0.3, -0.25) is 4.90 Å². The van der Waals surface area contributed by atoms with E-state index in [0.717, 1.165) is 23.3 Å². The van der Waals surface area contributed by atoms with E-state index in [1.165, 1.54) is 77.0 Å². The molecule has 0 amide bonds. The molecule has 0 aromatic rings. The van der Waals surface area contributed by atoms with Crippen LogP contribution in [-0.4, -0.2) is 45.2 Å². The van der Waals surface area contributed by atoms with Crippen LogP contribution in [-0.2, 0) is 0 Å². The van der Waals surface area contributed by atoms with Gasteiger partial charge in [-0.2, -0.15) is 0 Å². The fourth-order valence-corrected chi connectivity index (χ4v) is 5.18. The summed E-state index contributed by atoms with van der Waals surface area (Å²) in [5.41, 5.74) is 0. The quantitative estimate of drug-likeness (QED) is 0.747. The molecule has 1 heterocycles. The van der Waals surface area contributed by atoms with Crippen LogP contribution in [0.1, 0.15) is 77.0 Å². The standard InChI is InChI=1S/C18H31N3S2/c22-17(19-15-9-3-1-4-10-15)21(16-11-5-2-6-12-16)18(23)20-13-7-8-14-20/h15-16H,1-14H2,(H,19,22). The molecule has 2 aliphatic carbocycles. The van der Waals surface area contributed by atoms with Crippen molar-refractivity contribution in [2.75, 3.05) is 13.1 Å². The average molecular weight is 354 g/mol. The molecule has 0 unspecified atom stereocenters. The van der Waals surface area contributed by atoms with Gasteiger partial charge in [0.05, 0.1) is 0 Å². The summed E-state index contributed by atoms with van der Waals surface area (Å²) < 4.78 is 0. The lowest BCUT2D eigenvalue weighted by atomic mass is 9.94. The summed E-state index contributed by atoms with van der Waals surface area (Å²) in [5.74, 6) is 0. The largest absolute Gasteiger partial charge is 0.359 e. The van der Waals surface area contributed by atoms with Crippen molar-refractivity contribution >= 4 is 34.7 Å². The van der Waals surface area contributed by atoms with Gasteiger partial charge in [0, 0.05) is 25.2 Å². The normalized spacial score (nSPS) is 23.7. The second kappa shape index (κ2) is 8.61. The van der Waals surface area contributed by atoms with Crippen LogP contribution in [0.4, 0.5) is 0 Å². The van der Waals surface area contributed by atoms with Crippen molar-refractivity contribution in [2.45, 2.75) is 89.1 Å². The number of nitrogens with zero attached hydrogens (tertiary/aromatic N) is 2. The van der Waals surface area contributed by atoms with Gasteiger partial charge in [0.1, 0.15) is 0 Å². The van der Waals surface area contributed by atoms with Crippen LogP contribution in [0.5, 0.6) is 0 Å². The molecule has 5 heteroatoms. The van der Waals surface area contributed by atoms with Crippen LogP contribution < -0.4 is 5.32 Å². The summed E-state index contributed by atoms with van der Waals surface area (Å²) >= 11 is 11.7. The topological polar surface area (TPSA) is 18.5 Å². The predicted octanol–water partition coefficient (Wildman–Crippen LogP) is 4.21. The highest BCUT2D eigenvalue weighted by atomic mass is 32.1. The Labute approximate surface area is 152 Å². The molecule has 3 nitrogen and oxygen atoms in total. The van der Waals surface area contributed by atoms with Crippen LogP contribution in [0.2, 0.25) is 0 Å². The van der Waals surface area contributed by atoms with E-state index in [1.807, 2.05) is 0 Å². The molecule has 1 N–H and O–H groups in total. The van der Waals surface area contributed by atoms with Crippen LogP contribution in [0.3, 0.4) is 0 Å². The first-order valence-corrected chi connectivity index (χ1v) is 10.5. The van der Waals surface area contributed by atoms with E-state index in [2.05, 4.69) is 15.1 Å². The number of nitrogens with one attached hydrogen (secondary N) is 1. The van der Waals surface area contributed by atoms with Crippen LogP contribution >= 0.6 is 24.4 Å². The van der Waals surface area contributed by atoms with Gasteiger partial charge in [-0.1, -0.05) is 38.5 Å². The highest BCUT2D eigenvalue weighted by Gasteiger charge is 2.31. The number of likely N-dealkylation sites (tertiary alicyclic amines) is 1. The zero-order valence-corrected chi connectivity index (χ0v) is 15.9. The lowest BCUT2D eigenvalue weighted by molar-refractivity contribution is 0.291. The minimum atomic E-state index is 0.514. The fourth-order valence-electron chi connectivity index (χ4n) is 4.30. The summed E-state index contributed by atoms with van der Waals surface area (Å²) in [7, 11) is 0. The minimum absolute atomic E-state index is 0.514. The van der Waals surface area contributed by atoms with E-state index in [9.17, 15) is 0 Å². The molecule has 130 valence electrons. The lowest BCUT2D eigenvalue weighted by Crippen LogP contribution is -2.56. The lowest BCUT2D eigenvalue weighted by Gasteiger charge is -2.40. The zero-order chi connectivity index (χ0) is 16.1. The molecule has 1 aliphatic heterocycles.